The lowest BCUT2D eigenvalue weighted by atomic mass is 9.96. The van der Waals surface area contributed by atoms with Gasteiger partial charge in [0.25, 0.3) is 5.91 Å². The Kier molecular flexibility index (Phi) is 6.55. The molecule has 1 aromatic carbocycles. The van der Waals surface area contributed by atoms with Crippen molar-refractivity contribution in [2.45, 2.75) is 19.4 Å². The molecule has 2 atom stereocenters. The van der Waals surface area contributed by atoms with Gasteiger partial charge in [0.2, 0.25) is 0 Å². The van der Waals surface area contributed by atoms with Gasteiger partial charge in [-0.1, -0.05) is 6.92 Å². The number of carbonyl (C=O) groups excluding carboxylic acids is 1. The van der Waals surface area contributed by atoms with Gasteiger partial charge in [-0.05, 0) is 36.6 Å². The second kappa shape index (κ2) is 9.79. The van der Waals surface area contributed by atoms with E-state index in [0.717, 1.165) is 30.8 Å². The number of nitrogens with two attached hydrogens (primary N) is 1. The number of thiophene rings is 1. The van der Waals surface area contributed by atoms with Crippen LogP contribution in [0.1, 0.15) is 23.8 Å². The number of rotatable bonds is 5. The third-order valence-electron chi connectivity index (χ3n) is 6.18. The van der Waals surface area contributed by atoms with Gasteiger partial charge < -0.3 is 20.7 Å². The zero-order chi connectivity index (χ0) is 25.4. The molecule has 1 fully saturated rings. The maximum atomic E-state index is 14.6. The first-order valence-corrected chi connectivity index (χ1v) is 12.3. The van der Waals surface area contributed by atoms with Crippen molar-refractivity contribution < 1.29 is 18.3 Å². The standard InChI is InChI=1S/C26H25F2N5O2S/c1-14-7-15(29)13-33(12-14)22-5-6-30-11-21(22)32-26(34)19-3-4-23-20(31-19)10-24(36-23)25-17(27)8-16(35-2)9-18(25)28/h3-6,8-11,14-15H,7,12-13,29H2,1-2H3,(H,32,34)/t14-,15+/m1/s1. The van der Waals surface area contributed by atoms with Crippen molar-refractivity contribution in [2.24, 2.45) is 11.7 Å². The Labute approximate surface area is 210 Å². The Balaban J connectivity index is 1.41. The van der Waals surface area contributed by atoms with E-state index < -0.39 is 17.5 Å². The molecule has 186 valence electrons. The molecule has 1 aliphatic rings. The minimum Gasteiger partial charge on any atom is -0.497 e. The van der Waals surface area contributed by atoms with Crippen LogP contribution in [-0.4, -0.2) is 42.1 Å². The number of benzene rings is 1. The summed E-state index contributed by atoms with van der Waals surface area (Å²) in [4.78, 5) is 24.3. The fourth-order valence-corrected chi connectivity index (χ4v) is 5.67. The number of halogens is 2. The molecule has 3 N–H and O–H groups in total. The largest absolute Gasteiger partial charge is 0.497 e. The van der Waals surface area contributed by atoms with Crippen molar-refractivity contribution >= 4 is 38.8 Å². The number of anilines is 2. The number of fused-ring (bicyclic) bond motifs is 1. The van der Waals surface area contributed by atoms with Crippen LogP contribution in [0.3, 0.4) is 0 Å². The average Bonchev–Trinajstić information content (AvgIpc) is 3.26. The summed E-state index contributed by atoms with van der Waals surface area (Å²) in [5, 5.41) is 2.91. The van der Waals surface area contributed by atoms with Crippen LogP contribution >= 0.6 is 11.3 Å². The van der Waals surface area contributed by atoms with Crippen molar-refractivity contribution in [2.75, 3.05) is 30.4 Å². The molecule has 4 heterocycles. The maximum Gasteiger partial charge on any atom is 0.274 e. The van der Waals surface area contributed by atoms with Crippen LogP contribution in [0.2, 0.25) is 0 Å². The van der Waals surface area contributed by atoms with E-state index in [4.69, 9.17) is 10.5 Å². The monoisotopic (exact) mass is 509 g/mol. The fourth-order valence-electron chi connectivity index (χ4n) is 4.62. The quantitative estimate of drug-likeness (QED) is 0.390. The Hall–Kier alpha value is -3.63. The highest BCUT2D eigenvalue weighted by Crippen LogP contribution is 2.37. The molecule has 5 rings (SSSR count). The molecule has 0 unspecified atom stereocenters. The summed E-state index contributed by atoms with van der Waals surface area (Å²) in [5.74, 6) is -1.33. The Bertz CT molecular complexity index is 1410. The van der Waals surface area contributed by atoms with E-state index in [-0.39, 0.29) is 23.0 Å². The van der Waals surface area contributed by atoms with Gasteiger partial charge in [0.15, 0.2) is 0 Å². The van der Waals surface area contributed by atoms with Gasteiger partial charge in [0, 0.05) is 42.3 Å². The Morgan fingerprint density at radius 3 is 2.69 bits per heavy atom. The number of nitrogens with zero attached hydrogens (tertiary/aromatic N) is 3. The first kappa shape index (κ1) is 24.1. The lowest BCUT2D eigenvalue weighted by Crippen LogP contribution is -2.46. The Morgan fingerprint density at radius 2 is 1.97 bits per heavy atom. The predicted molar refractivity (Wildman–Crippen MR) is 138 cm³/mol. The van der Waals surface area contributed by atoms with Gasteiger partial charge in [-0.2, -0.15) is 0 Å². The number of carbonyl (C=O) groups is 1. The molecule has 7 nitrogen and oxygen atoms in total. The summed E-state index contributed by atoms with van der Waals surface area (Å²) in [7, 11) is 1.35. The Morgan fingerprint density at radius 1 is 1.19 bits per heavy atom. The number of nitrogens with one attached hydrogen (secondary N) is 1. The normalized spacial score (nSPS) is 17.9. The minimum atomic E-state index is -0.729. The molecule has 0 aliphatic carbocycles. The molecule has 4 aromatic rings. The number of methoxy groups -OCH3 is 1. The summed E-state index contributed by atoms with van der Waals surface area (Å²) in [6, 6.07) is 9.08. The zero-order valence-electron chi connectivity index (χ0n) is 19.8. The van der Waals surface area contributed by atoms with Crippen LogP contribution < -0.4 is 20.7 Å². The van der Waals surface area contributed by atoms with Crippen LogP contribution in [0, 0.1) is 17.6 Å². The van der Waals surface area contributed by atoms with Crippen molar-refractivity contribution in [3.63, 3.8) is 0 Å². The van der Waals surface area contributed by atoms with Crippen molar-refractivity contribution in [1.82, 2.24) is 9.97 Å². The van der Waals surface area contributed by atoms with E-state index in [1.54, 1.807) is 30.6 Å². The van der Waals surface area contributed by atoms with Gasteiger partial charge in [-0.3, -0.25) is 9.78 Å². The summed E-state index contributed by atoms with van der Waals surface area (Å²) in [6.45, 7) is 3.68. The smallest absolute Gasteiger partial charge is 0.274 e. The highest BCUT2D eigenvalue weighted by atomic mass is 32.1. The van der Waals surface area contributed by atoms with E-state index in [1.807, 2.05) is 6.07 Å². The third-order valence-corrected chi connectivity index (χ3v) is 7.29. The number of ether oxygens (including phenoxy) is 1. The SMILES string of the molecule is COc1cc(F)c(-c2cc3nc(C(=O)Nc4cnccc4N4C[C@H](C)C[C@H](N)C4)ccc3s2)c(F)c1. The molecule has 1 aliphatic heterocycles. The summed E-state index contributed by atoms with van der Waals surface area (Å²) >= 11 is 1.19. The average molecular weight is 510 g/mol. The highest BCUT2D eigenvalue weighted by molar-refractivity contribution is 7.22. The molecule has 10 heteroatoms. The minimum absolute atomic E-state index is 0.0581. The van der Waals surface area contributed by atoms with E-state index in [9.17, 15) is 13.6 Å². The first-order chi connectivity index (χ1) is 17.3. The van der Waals surface area contributed by atoms with Gasteiger partial charge in [-0.15, -0.1) is 11.3 Å². The maximum absolute atomic E-state index is 14.6. The molecule has 3 aromatic heterocycles. The molecular formula is C26H25F2N5O2S. The van der Waals surface area contributed by atoms with E-state index >= 15 is 0 Å². The number of piperidine rings is 1. The molecule has 0 saturated carbocycles. The van der Waals surface area contributed by atoms with Crippen molar-refractivity contribution in [1.29, 1.82) is 0 Å². The molecule has 36 heavy (non-hydrogen) atoms. The highest BCUT2D eigenvalue weighted by Gasteiger charge is 2.25. The number of aromatic nitrogens is 2. The van der Waals surface area contributed by atoms with Crippen LogP contribution in [0.15, 0.2) is 48.8 Å². The topological polar surface area (TPSA) is 93.4 Å². The number of pyridine rings is 2. The van der Waals surface area contributed by atoms with Gasteiger partial charge in [-0.25, -0.2) is 13.8 Å². The predicted octanol–water partition coefficient (Wildman–Crippen LogP) is 5.07. The van der Waals surface area contributed by atoms with E-state index in [2.05, 4.69) is 27.1 Å². The third kappa shape index (κ3) is 4.74. The van der Waals surface area contributed by atoms with Crippen LogP contribution in [0.4, 0.5) is 20.2 Å². The second-order valence-corrected chi connectivity index (χ2v) is 10.1. The van der Waals surface area contributed by atoms with E-state index in [0.29, 0.717) is 33.2 Å². The zero-order valence-corrected chi connectivity index (χ0v) is 20.6. The summed E-state index contributed by atoms with van der Waals surface area (Å²) in [5.41, 5.74) is 8.14. The molecule has 0 radical (unpaired) electrons. The summed E-state index contributed by atoms with van der Waals surface area (Å²) < 4.78 is 34.8. The van der Waals surface area contributed by atoms with Gasteiger partial charge in [0.05, 0.1) is 40.5 Å². The number of hydrogen-bond donors (Lipinski definition) is 2. The van der Waals surface area contributed by atoms with Gasteiger partial charge in [0.1, 0.15) is 23.1 Å². The first-order valence-electron chi connectivity index (χ1n) is 11.5. The molecule has 1 amide bonds. The van der Waals surface area contributed by atoms with Gasteiger partial charge >= 0.3 is 0 Å². The van der Waals surface area contributed by atoms with Crippen molar-refractivity contribution in [3.05, 3.63) is 66.1 Å². The van der Waals surface area contributed by atoms with E-state index in [1.165, 1.54) is 18.4 Å². The second-order valence-electron chi connectivity index (χ2n) is 9.01. The lowest BCUT2D eigenvalue weighted by Gasteiger charge is -2.37. The lowest BCUT2D eigenvalue weighted by molar-refractivity contribution is 0.102. The fraction of sp³-hybridized carbons (Fsp3) is 0.269. The molecule has 1 saturated heterocycles. The number of amides is 1. The molecule has 0 spiro atoms. The molecular weight excluding hydrogens is 484 g/mol. The molecule has 0 bridgehead atoms. The van der Waals surface area contributed by atoms with Crippen LogP contribution in [0.5, 0.6) is 5.75 Å². The van der Waals surface area contributed by atoms with Crippen LogP contribution in [-0.2, 0) is 0 Å². The van der Waals surface area contributed by atoms with Crippen LogP contribution in [0.25, 0.3) is 20.7 Å². The number of hydrogen-bond acceptors (Lipinski definition) is 7. The van der Waals surface area contributed by atoms with Crippen molar-refractivity contribution in [3.8, 4) is 16.2 Å². The summed E-state index contributed by atoms with van der Waals surface area (Å²) in [6.07, 6.45) is 4.25.